The number of rotatable bonds is 6. The van der Waals surface area contributed by atoms with E-state index in [0.29, 0.717) is 13.2 Å². The summed E-state index contributed by atoms with van der Waals surface area (Å²) in [5.74, 6) is 1.50. The normalized spacial score (nSPS) is 18.1. The van der Waals surface area contributed by atoms with Crippen molar-refractivity contribution in [1.82, 2.24) is 4.90 Å². The standard InChI is InChI=1S/C20H24ClNO3/c1-15-7-8-19(20(11-15)23-2)25-14-17-13-22(9-10-24-17)12-16-5-3-4-6-18(16)21/h3-8,11,17H,9-10,12-14H2,1-2H3. The van der Waals surface area contributed by atoms with Crippen molar-refractivity contribution in [2.45, 2.75) is 19.6 Å². The number of hydrogen-bond acceptors (Lipinski definition) is 4. The molecule has 0 N–H and O–H groups in total. The van der Waals surface area contributed by atoms with Gasteiger partial charge in [-0.05, 0) is 36.2 Å². The van der Waals surface area contributed by atoms with Gasteiger partial charge < -0.3 is 14.2 Å². The van der Waals surface area contributed by atoms with E-state index in [0.717, 1.165) is 47.3 Å². The Balaban J connectivity index is 1.56. The Kier molecular flexibility index (Phi) is 6.19. The summed E-state index contributed by atoms with van der Waals surface area (Å²) < 4.78 is 17.2. The minimum absolute atomic E-state index is 0.0299. The molecule has 1 atom stereocenters. The molecule has 1 aliphatic rings. The fourth-order valence-electron chi connectivity index (χ4n) is 2.97. The number of halogens is 1. The van der Waals surface area contributed by atoms with Crippen LogP contribution in [-0.2, 0) is 11.3 Å². The highest BCUT2D eigenvalue weighted by atomic mass is 35.5. The molecule has 1 fully saturated rings. The third-order valence-electron chi connectivity index (χ3n) is 4.32. The third-order valence-corrected chi connectivity index (χ3v) is 4.69. The molecule has 1 unspecified atom stereocenters. The summed E-state index contributed by atoms with van der Waals surface area (Å²) in [5, 5.41) is 0.811. The first kappa shape index (κ1) is 18.1. The van der Waals surface area contributed by atoms with Crippen molar-refractivity contribution in [2.75, 3.05) is 33.4 Å². The van der Waals surface area contributed by atoms with Crippen molar-refractivity contribution >= 4 is 11.6 Å². The van der Waals surface area contributed by atoms with Crippen LogP contribution in [0.3, 0.4) is 0 Å². The fraction of sp³-hybridized carbons (Fsp3) is 0.400. The molecule has 0 amide bonds. The largest absolute Gasteiger partial charge is 0.493 e. The SMILES string of the molecule is COc1cc(C)ccc1OCC1CN(Cc2ccccc2Cl)CCO1. The molecular weight excluding hydrogens is 338 g/mol. The second-order valence-corrected chi connectivity index (χ2v) is 6.69. The molecule has 4 nitrogen and oxygen atoms in total. The fourth-order valence-corrected chi connectivity index (χ4v) is 3.16. The van der Waals surface area contributed by atoms with Gasteiger partial charge in [-0.3, -0.25) is 4.90 Å². The molecule has 2 aromatic carbocycles. The number of methoxy groups -OCH3 is 1. The van der Waals surface area contributed by atoms with Crippen LogP contribution in [-0.4, -0.2) is 44.4 Å². The Morgan fingerprint density at radius 2 is 2.04 bits per heavy atom. The summed E-state index contributed by atoms with van der Waals surface area (Å²) in [4.78, 5) is 2.35. The molecule has 0 spiro atoms. The molecule has 0 radical (unpaired) electrons. The third kappa shape index (κ3) is 4.88. The average molecular weight is 362 g/mol. The molecule has 3 rings (SSSR count). The van der Waals surface area contributed by atoms with E-state index in [2.05, 4.69) is 11.0 Å². The van der Waals surface area contributed by atoms with Crippen molar-refractivity contribution < 1.29 is 14.2 Å². The molecule has 134 valence electrons. The van der Waals surface area contributed by atoms with E-state index >= 15 is 0 Å². The number of benzene rings is 2. The van der Waals surface area contributed by atoms with Crippen LogP contribution in [0.1, 0.15) is 11.1 Å². The van der Waals surface area contributed by atoms with Crippen molar-refractivity contribution in [1.29, 1.82) is 0 Å². The molecule has 0 bridgehead atoms. The van der Waals surface area contributed by atoms with E-state index in [1.807, 2.05) is 43.3 Å². The summed E-state index contributed by atoms with van der Waals surface area (Å²) in [6.45, 7) is 5.77. The molecule has 0 aliphatic carbocycles. The summed E-state index contributed by atoms with van der Waals surface area (Å²) in [7, 11) is 1.66. The van der Waals surface area contributed by atoms with Gasteiger partial charge >= 0.3 is 0 Å². The highest BCUT2D eigenvalue weighted by Crippen LogP contribution is 2.28. The van der Waals surface area contributed by atoms with E-state index in [4.69, 9.17) is 25.8 Å². The summed E-state index contributed by atoms with van der Waals surface area (Å²) >= 11 is 6.27. The predicted octanol–water partition coefficient (Wildman–Crippen LogP) is 3.94. The van der Waals surface area contributed by atoms with Crippen LogP contribution < -0.4 is 9.47 Å². The molecule has 1 heterocycles. The Morgan fingerprint density at radius 1 is 1.20 bits per heavy atom. The van der Waals surface area contributed by atoms with E-state index in [-0.39, 0.29) is 6.10 Å². The van der Waals surface area contributed by atoms with Crippen LogP contribution in [0, 0.1) is 6.92 Å². The van der Waals surface area contributed by atoms with Crippen molar-refractivity contribution in [3.63, 3.8) is 0 Å². The van der Waals surface area contributed by atoms with Gasteiger partial charge in [-0.1, -0.05) is 35.9 Å². The first-order chi connectivity index (χ1) is 12.2. The zero-order valence-corrected chi connectivity index (χ0v) is 15.5. The zero-order chi connectivity index (χ0) is 17.6. The molecule has 5 heteroatoms. The number of nitrogens with zero attached hydrogens (tertiary/aromatic N) is 1. The van der Waals surface area contributed by atoms with E-state index in [1.165, 1.54) is 0 Å². The second kappa shape index (κ2) is 8.56. The summed E-state index contributed by atoms with van der Waals surface area (Å²) in [6.07, 6.45) is 0.0299. The first-order valence-electron chi connectivity index (χ1n) is 8.50. The van der Waals surface area contributed by atoms with Gasteiger partial charge in [-0.25, -0.2) is 0 Å². The van der Waals surface area contributed by atoms with Crippen molar-refractivity contribution in [3.05, 3.63) is 58.6 Å². The van der Waals surface area contributed by atoms with E-state index < -0.39 is 0 Å². The van der Waals surface area contributed by atoms with Crippen molar-refractivity contribution in [2.24, 2.45) is 0 Å². The average Bonchev–Trinajstić information content (AvgIpc) is 2.63. The maximum Gasteiger partial charge on any atom is 0.161 e. The van der Waals surface area contributed by atoms with Gasteiger partial charge in [-0.15, -0.1) is 0 Å². The van der Waals surface area contributed by atoms with E-state index in [9.17, 15) is 0 Å². The second-order valence-electron chi connectivity index (χ2n) is 6.28. The lowest BCUT2D eigenvalue weighted by Gasteiger charge is -2.33. The first-order valence-corrected chi connectivity index (χ1v) is 8.88. The molecule has 1 aliphatic heterocycles. The zero-order valence-electron chi connectivity index (χ0n) is 14.7. The number of aryl methyl sites for hydroxylation is 1. The van der Waals surface area contributed by atoms with Crippen LogP contribution in [0.4, 0.5) is 0 Å². The predicted molar refractivity (Wildman–Crippen MR) is 99.7 cm³/mol. The van der Waals surface area contributed by atoms with Crippen LogP contribution in [0.25, 0.3) is 0 Å². The summed E-state index contributed by atoms with van der Waals surface area (Å²) in [6, 6.07) is 13.9. The Bertz CT molecular complexity index is 707. The lowest BCUT2D eigenvalue weighted by atomic mass is 10.2. The molecule has 1 saturated heterocycles. The maximum absolute atomic E-state index is 6.27. The van der Waals surface area contributed by atoms with Gasteiger partial charge in [0.15, 0.2) is 11.5 Å². The lowest BCUT2D eigenvalue weighted by molar-refractivity contribution is -0.0506. The molecule has 25 heavy (non-hydrogen) atoms. The number of hydrogen-bond donors (Lipinski definition) is 0. The van der Waals surface area contributed by atoms with Crippen LogP contribution in [0.5, 0.6) is 11.5 Å². The Labute approximate surface area is 154 Å². The minimum Gasteiger partial charge on any atom is -0.493 e. The van der Waals surface area contributed by atoms with Gasteiger partial charge in [0.1, 0.15) is 12.7 Å². The van der Waals surface area contributed by atoms with Crippen molar-refractivity contribution in [3.8, 4) is 11.5 Å². The maximum atomic E-state index is 6.27. The Morgan fingerprint density at radius 3 is 2.84 bits per heavy atom. The lowest BCUT2D eigenvalue weighted by Crippen LogP contribution is -2.44. The minimum atomic E-state index is 0.0299. The molecule has 2 aromatic rings. The molecule has 0 saturated carbocycles. The topological polar surface area (TPSA) is 30.9 Å². The highest BCUT2D eigenvalue weighted by Gasteiger charge is 2.22. The van der Waals surface area contributed by atoms with E-state index in [1.54, 1.807) is 7.11 Å². The monoisotopic (exact) mass is 361 g/mol. The smallest absolute Gasteiger partial charge is 0.161 e. The van der Waals surface area contributed by atoms with Crippen LogP contribution in [0.15, 0.2) is 42.5 Å². The quantitative estimate of drug-likeness (QED) is 0.779. The van der Waals surface area contributed by atoms with Gasteiger partial charge in [0, 0.05) is 24.7 Å². The highest BCUT2D eigenvalue weighted by molar-refractivity contribution is 6.31. The number of morpholine rings is 1. The van der Waals surface area contributed by atoms with Gasteiger partial charge in [0.2, 0.25) is 0 Å². The van der Waals surface area contributed by atoms with Gasteiger partial charge in [0.05, 0.1) is 13.7 Å². The van der Waals surface area contributed by atoms with Crippen LogP contribution in [0.2, 0.25) is 5.02 Å². The Hall–Kier alpha value is -1.75. The van der Waals surface area contributed by atoms with Gasteiger partial charge in [0.25, 0.3) is 0 Å². The number of ether oxygens (including phenoxy) is 3. The van der Waals surface area contributed by atoms with Crippen LogP contribution >= 0.6 is 11.6 Å². The molecular formula is C20H24ClNO3. The van der Waals surface area contributed by atoms with Gasteiger partial charge in [-0.2, -0.15) is 0 Å². The summed E-state index contributed by atoms with van der Waals surface area (Å²) in [5.41, 5.74) is 2.29. The molecule has 0 aromatic heterocycles.